The van der Waals surface area contributed by atoms with Gasteiger partial charge in [0.25, 0.3) is 0 Å². The first-order valence-electron chi connectivity index (χ1n) is 10.7. The fourth-order valence-electron chi connectivity index (χ4n) is 4.34. The van der Waals surface area contributed by atoms with E-state index in [1.807, 2.05) is 33.7 Å². The van der Waals surface area contributed by atoms with Gasteiger partial charge in [0.05, 0.1) is 39.8 Å². The zero-order valence-corrected chi connectivity index (χ0v) is 19.1. The van der Waals surface area contributed by atoms with Gasteiger partial charge in [-0.05, 0) is 24.3 Å². The maximum absolute atomic E-state index is 10.2. The van der Waals surface area contributed by atoms with Crippen LogP contribution in [-0.4, -0.2) is 42.3 Å². The molecule has 4 aromatic heterocycles. The Morgan fingerprint density at radius 3 is 2.64 bits per heavy atom. The number of aliphatic hydroxyl groups excluding tert-OH is 1. The molecule has 9 heteroatoms. The normalized spacial score (nSPS) is 14.3. The number of halogens is 2. The number of nitrogens with zero attached hydrogens (tertiary/aromatic N) is 5. The lowest BCUT2D eigenvalue weighted by atomic mass is 10.0. The first kappa shape index (κ1) is 20.6. The molecule has 1 saturated heterocycles. The van der Waals surface area contributed by atoms with Gasteiger partial charge in [-0.15, -0.1) is 0 Å². The molecule has 0 bridgehead atoms. The molecule has 1 fully saturated rings. The second-order valence-electron chi connectivity index (χ2n) is 8.30. The minimum atomic E-state index is -0.209. The Morgan fingerprint density at radius 2 is 1.91 bits per heavy atom. The molecule has 5 heterocycles. The zero-order valence-electron chi connectivity index (χ0n) is 17.5. The highest BCUT2D eigenvalue weighted by Gasteiger charge is 2.21. The highest BCUT2D eigenvalue weighted by molar-refractivity contribution is 6.39. The van der Waals surface area contributed by atoms with Crippen LogP contribution in [-0.2, 0) is 13.2 Å². The Labute approximate surface area is 199 Å². The van der Waals surface area contributed by atoms with Gasteiger partial charge in [0.15, 0.2) is 0 Å². The molecule has 0 amide bonds. The van der Waals surface area contributed by atoms with Crippen molar-refractivity contribution in [3.63, 3.8) is 0 Å². The van der Waals surface area contributed by atoms with Gasteiger partial charge in [0, 0.05) is 66.2 Å². The second kappa shape index (κ2) is 8.11. The summed E-state index contributed by atoms with van der Waals surface area (Å²) in [7, 11) is 0. The van der Waals surface area contributed by atoms with Gasteiger partial charge in [-0.2, -0.15) is 5.10 Å². The van der Waals surface area contributed by atoms with E-state index in [1.165, 1.54) is 0 Å². The van der Waals surface area contributed by atoms with E-state index in [4.69, 9.17) is 28.2 Å². The van der Waals surface area contributed by atoms with Crippen molar-refractivity contribution in [1.29, 1.82) is 0 Å². The largest absolute Gasteiger partial charge is 0.390 e. The van der Waals surface area contributed by atoms with Crippen LogP contribution >= 0.6 is 23.2 Å². The molecule has 0 unspecified atom stereocenters. The van der Waals surface area contributed by atoms with Gasteiger partial charge < -0.3 is 14.8 Å². The number of aromatic nitrogens is 5. The average molecular weight is 479 g/mol. The number of nitrogens with one attached hydrogen (secondary N) is 1. The van der Waals surface area contributed by atoms with Crippen LogP contribution < -0.4 is 5.32 Å². The summed E-state index contributed by atoms with van der Waals surface area (Å²) in [4.78, 5) is 9.53. The molecule has 1 aliphatic rings. The van der Waals surface area contributed by atoms with Crippen LogP contribution in [0.3, 0.4) is 0 Å². The van der Waals surface area contributed by atoms with Crippen molar-refractivity contribution in [3.05, 3.63) is 70.9 Å². The molecule has 7 nitrogen and oxygen atoms in total. The van der Waals surface area contributed by atoms with E-state index in [9.17, 15) is 5.11 Å². The van der Waals surface area contributed by atoms with Crippen molar-refractivity contribution in [2.24, 2.45) is 5.92 Å². The fourth-order valence-corrected chi connectivity index (χ4v) is 4.91. The summed E-state index contributed by atoms with van der Waals surface area (Å²) in [5.74, 6) is 0.629. The molecule has 0 saturated carbocycles. The van der Waals surface area contributed by atoms with Crippen molar-refractivity contribution < 1.29 is 5.11 Å². The summed E-state index contributed by atoms with van der Waals surface area (Å²) < 4.78 is 3.86. The zero-order chi connectivity index (χ0) is 22.5. The number of hydrogen-bond acceptors (Lipinski definition) is 5. The molecule has 1 aliphatic heterocycles. The second-order valence-corrected chi connectivity index (χ2v) is 9.12. The van der Waals surface area contributed by atoms with E-state index in [2.05, 4.69) is 27.7 Å². The lowest BCUT2D eigenvalue weighted by molar-refractivity contribution is 0.276. The molecule has 2 N–H and O–H groups in total. The van der Waals surface area contributed by atoms with Gasteiger partial charge in [-0.1, -0.05) is 29.3 Å². The van der Waals surface area contributed by atoms with E-state index >= 15 is 0 Å². The molecular formula is C24H20Cl2N6O. The summed E-state index contributed by atoms with van der Waals surface area (Å²) in [5, 5.41) is 19.8. The Hall–Kier alpha value is -2.97. The smallest absolute Gasteiger partial charge is 0.147 e. The minimum absolute atomic E-state index is 0.209. The quantitative estimate of drug-likeness (QED) is 0.390. The Morgan fingerprint density at radius 1 is 1.09 bits per heavy atom. The number of imidazole rings is 1. The standard InChI is InChI=1S/C24H20Cl2N6O/c25-18-2-1-3-19(26)22(18)23-21(13-33)32-5-4-20-17(24(32)30-23)6-15(9-28-20)16-10-29-31(12-16)11-14-7-27-8-14/h1-6,9-10,12,14,27,33H,7-8,11,13H2. The van der Waals surface area contributed by atoms with Crippen LogP contribution in [0, 0.1) is 5.92 Å². The van der Waals surface area contributed by atoms with Gasteiger partial charge >= 0.3 is 0 Å². The van der Waals surface area contributed by atoms with Gasteiger partial charge in [0.1, 0.15) is 5.65 Å². The lowest BCUT2D eigenvalue weighted by Gasteiger charge is -2.26. The summed E-state index contributed by atoms with van der Waals surface area (Å²) >= 11 is 12.9. The molecule has 5 aromatic rings. The molecule has 0 aliphatic carbocycles. The third-order valence-corrected chi connectivity index (χ3v) is 6.81. The van der Waals surface area contributed by atoms with Crippen LogP contribution in [0.2, 0.25) is 10.0 Å². The molecular weight excluding hydrogens is 459 g/mol. The van der Waals surface area contributed by atoms with Gasteiger partial charge in [-0.3, -0.25) is 9.67 Å². The average Bonchev–Trinajstić information content (AvgIpc) is 3.40. The van der Waals surface area contributed by atoms with Crippen LogP contribution in [0.4, 0.5) is 0 Å². The molecule has 6 rings (SSSR count). The number of rotatable bonds is 5. The summed E-state index contributed by atoms with van der Waals surface area (Å²) in [6.45, 7) is 2.77. The van der Waals surface area contributed by atoms with Gasteiger partial charge in [0.2, 0.25) is 0 Å². The number of hydrogen-bond donors (Lipinski definition) is 2. The van der Waals surface area contributed by atoms with E-state index in [1.54, 1.807) is 18.2 Å². The fraction of sp³-hybridized carbons (Fsp3) is 0.208. The van der Waals surface area contributed by atoms with Crippen LogP contribution in [0.5, 0.6) is 0 Å². The predicted octanol–water partition coefficient (Wildman–Crippen LogP) is 4.43. The van der Waals surface area contributed by atoms with E-state index in [0.29, 0.717) is 38.6 Å². The van der Waals surface area contributed by atoms with E-state index in [-0.39, 0.29) is 6.61 Å². The lowest BCUT2D eigenvalue weighted by Crippen LogP contribution is -2.44. The molecule has 0 atom stereocenters. The molecule has 0 spiro atoms. The van der Waals surface area contributed by atoms with Crippen molar-refractivity contribution in [3.8, 4) is 22.4 Å². The predicted molar refractivity (Wildman–Crippen MR) is 129 cm³/mol. The summed E-state index contributed by atoms with van der Waals surface area (Å²) in [5.41, 5.74) is 5.25. The Balaban J connectivity index is 1.50. The maximum atomic E-state index is 10.2. The first-order valence-corrected chi connectivity index (χ1v) is 11.5. The number of fused-ring (bicyclic) bond motifs is 3. The SMILES string of the molecule is OCc1c(-c2c(Cl)cccc2Cl)nc2c3cc(-c4cnn(CC5CNC5)c4)cnc3ccn12. The van der Waals surface area contributed by atoms with Crippen molar-refractivity contribution in [2.75, 3.05) is 13.1 Å². The monoisotopic (exact) mass is 478 g/mol. The summed E-state index contributed by atoms with van der Waals surface area (Å²) in [6.07, 6.45) is 7.64. The highest BCUT2D eigenvalue weighted by atomic mass is 35.5. The highest BCUT2D eigenvalue weighted by Crippen LogP contribution is 2.37. The number of pyridine rings is 2. The molecule has 33 heavy (non-hydrogen) atoms. The first-order chi connectivity index (χ1) is 16.1. The van der Waals surface area contributed by atoms with Crippen molar-refractivity contribution in [1.82, 2.24) is 29.5 Å². The van der Waals surface area contributed by atoms with Crippen molar-refractivity contribution in [2.45, 2.75) is 13.2 Å². The van der Waals surface area contributed by atoms with Crippen LogP contribution in [0.1, 0.15) is 5.69 Å². The minimum Gasteiger partial charge on any atom is -0.390 e. The van der Waals surface area contributed by atoms with Gasteiger partial charge in [-0.25, -0.2) is 4.98 Å². The number of benzene rings is 1. The van der Waals surface area contributed by atoms with E-state index < -0.39 is 0 Å². The van der Waals surface area contributed by atoms with E-state index in [0.717, 1.165) is 41.7 Å². The Kier molecular flexibility index (Phi) is 5.07. The molecule has 1 aromatic carbocycles. The maximum Gasteiger partial charge on any atom is 0.147 e. The third kappa shape index (κ3) is 3.48. The third-order valence-electron chi connectivity index (χ3n) is 6.18. The molecule has 166 valence electrons. The number of aliphatic hydroxyl groups is 1. The topological polar surface area (TPSA) is 80.3 Å². The van der Waals surface area contributed by atoms with Crippen LogP contribution in [0.25, 0.3) is 38.9 Å². The summed E-state index contributed by atoms with van der Waals surface area (Å²) in [6, 6.07) is 9.30. The molecule has 0 radical (unpaired) electrons. The van der Waals surface area contributed by atoms with Crippen LogP contribution in [0.15, 0.2) is 55.1 Å². The van der Waals surface area contributed by atoms with Crippen molar-refractivity contribution >= 4 is 39.8 Å². The Bertz CT molecular complexity index is 1480.